The number of carbonyl (C=O) groups excluding carboxylic acids is 1. The van der Waals surface area contributed by atoms with E-state index >= 15 is 0 Å². The largest absolute Gasteiger partial charge is 0.393 e. The van der Waals surface area contributed by atoms with E-state index in [9.17, 15) is 9.90 Å². The van der Waals surface area contributed by atoms with Gasteiger partial charge in [-0.2, -0.15) is 0 Å². The molecule has 1 aliphatic heterocycles. The van der Waals surface area contributed by atoms with Crippen LogP contribution in [0.25, 0.3) is 0 Å². The summed E-state index contributed by atoms with van der Waals surface area (Å²) in [6.07, 6.45) is 5.03. The summed E-state index contributed by atoms with van der Waals surface area (Å²) in [5.74, 6) is 0.784. The summed E-state index contributed by atoms with van der Waals surface area (Å²) in [4.78, 5) is 18.6. The minimum Gasteiger partial charge on any atom is -0.393 e. The molecule has 3 unspecified atom stereocenters. The standard InChI is InChI=1S/C15H21N3O2/c1-2-17-13-7-16-6-5-11(13)15(20)18-8-10-3-4-14(19)12(10)9-18/h5-7,10,12,14,17,19H,2-4,8-9H2,1H3. The lowest BCUT2D eigenvalue weighted by Crippen LogP contribution is -2.31. The molecule has 3 atom stereocenters. The van der Waals surface area contributed by atoms with Gasteiger partial charge >= 0.3 is 0 Å². The molecule has 2 heterocycles. The Hall–Kier alpha value is -1.62. The number of carbonyl (C=O) groups is 1. The van der Waals surface area contributed by atoms with Gasteiger partial charge in [-0.05, 0) is 31.7 Å². The van der Waals surface area contributed by atoms with E-state index in [1.54, 1.807) is 18.5 Å². The average Bonchev–Trinajstić information content (AvgIpc) is 3.02. The average molecular weight is 275 g/mol. The fraction of sp³-hybridized carbons (Fsp3) is 0.600. The van der Waals surface area contributed by atoms with Gasteiger partial charge in [0.1, 0.15) is 0 Å². The number of aliphatic hydroxyl groups excluding tert-OH is 1. The van der Waals surface area contributed by atoms with E-state index in [-0.39, 0.29) is 17.9 Å². The second kappa shape index (κ2) is 5.40. The van der Waals surface area contributed by atoms with Crippen LogP contribution >= 0.6 is 0 Å². The zero-order valence-corrected chi connectivity index (χ0v) is 11.7. The van der Waals surface area contributed by atoms with Crippen LogP contribution in [0.15, 0.2) is 18.5 Å². The van der Waals surface area contributed by atoms with Crippen molar-refractivity contribution in [3.05, 3.63) is 24.0 Å². The minimum absolute atomic E-state index is 0.0463. The van der Waals surface area contributed by atoms with Gasteiger partial charge in [0.15, 0.2) is 0 Å². The third-order valence-corrected chi connectivity index (χ3v) is 4.52. The first-order chi connectivity index (χ1) is 9.70. The zero-order valence-electron chi connectivity index (χ0n) is 11.7. The first-order valence-electron chi connectivity index (χ1n) is 7.36. The van der Waals surface area contributed by atoms with Crippen molar-refractivity contribution >= 4 is 11.6 Å². The van der Waals surface area contributed by atoms with E-state index in [0.29, 0.717) is 18.0 Å². The quantitative estimate of drug-likeness (QED) is 0.874. The molecular formula is C15H21N3O2. The van der Waals surface area contributed by atoms with Crippen molar-refractivity contribution in [1.82, 2.24) is 9.88 Å². The normalized spacial score (nSPS) is 28.5. The Labute approximate surface area is 119 Å². The van der Waals surface area contributed by atoms with E-state index in [1.807, 2.05) is 11.8 Å². The van der Waals surface area contributed by atoms with Gasteiger partial charge in [-0.15, -0.1) is 0 Å². The lowest BCUT2D eigenvalue weighted by Gasteiger charge is -2.20. The molecule has 0 spiro atoms. The Bertz CT molecular complexity index is 506. The summed E-state index contributed by atoms with van der Waals surface area (Å²) in [6.45, 7) is 4.21. The maximum atomic E-state index is 12.7. The molecule has 3 rings (SSSR count). The molecule has 1 amide bonds. The molecule has 20 heavy (non-hydrogen) atoms. The number of fused-ring (bicyclic) bond motifs is 1. The number of aromatic nitrogens is 1. The molecule has 5 nitrogen and oxygen atoms in total. The van der Waals surface area contributed by atoms with Crippen molar-refractivity contribution in [2.45, 2.75) is 25.9 Å². The SMILES string of the molecule is CCNc1cnccc1C(=O)N1CC2CCC(O)C2C1. The first kappa shape index (κ1) is 13.4. The van der Waals surface area contributed by atoms with E-state index in [2.05, 4.69) is 10.3 Å². The number of aliphatic hydroxyl groups is 1. The smallest absolute Gasteiger partial charge is 0.256 e. The maximum absolute atomic E-state index is 12.7. The summed E-state index contributed by atoms with van der Waals surface area (Å²) in [5, 5.41) is 13.1. The molecular weight excluding hydrogens is 254 g/mol. The number of rotatable bonds is 3. The van der Waals surface area contributed by atoms with Crippen LogP contribution in [-0.2, 0) is 0 Å². The third kappa shape index (κ3) is 2.26. The van der Waals surface area contributed by atoms with Crippen molar-refractivity contribution in [2.75, 3.05) is 25.0 Å². The number of likely N-dealkylation sites (tertiary alicyclic amines) is 1. The van der Waals surface area contributed by atoms with Crippen molar-refractivity contribution in [3.8, 4) is 0 Å². The zero-order chi connectivity index (χ0) is 14.1. The molecule has 1 aromatic rings. The third-order valence-electron chi connectivity index (χ3n) is 4.52. The number of amides is 1. The van der Waals surface area contributed by atoms with Gasteiger partial charge in [0.05, 0.1) is 23.6 Å². The van der Waals surface area contributed by atoms with E-state index in [1.165, 1.54) is 0 Å². The monoisotopic (exact) mass is 275 g/mol. The predicted molar refractivity (Wildman–Crippen MR) is 76.5 cm³/mol. The second-order valence-corrected chi connectivity index (χ2v) is 5.73. The number of hydrogen-bond acceptors (Lipinski definition) is 4. The van der Waals surface area contributed by atoms with Crippen LogP contribution in [0, 0.1) is 11.8 Å². The van der Waals surface area contributed by atoms with Crippen molar-refractivity contribution < 1.29 is 9.90 Å². The van der Waals surface area contributed by atoms with Gasteiger partial charge in [-0.3, -0.25) is 9.78 Å². The van der Waals surface area contributed by atoms with Crippen LogP contribution in [0.5, 0.6) is 0 Å². The van der Waals surface area contributed by atoms with Gasteiger partial charge < -0.3 is 15.3 Å². The molecule has 5 heteroatoms. The topological polar surface area (TPSA) is 65.5 Å². The number of pyridine rings is 1. The molecule has 0 bridgehead atoms. The maximum Gasteiger partial charge on any atom is 0.256 e. The van der Waals surface area contributed by atoms with Crippen LogP contribution in [-0.4, -0.2) is 46.6 Å². The van der Waals surface area contributed by atoms with Crippen LogP contribution in [0.4, 0.5) is 5.69 Å². The molecule has 2 aliphatic rings. The molecule has 108 valence electrons. The lowest BCUT2D eigenvalue weighted by atomic mass is 10.00. The van der Waals surface area contributed by atoms with E-state index < -0.39 is 0 Å². The molecule has 2 fully saturated rings. The summed E-state index contributed by atoms with van der Waals surface area (Å²) in [5.41, 5.74) is 1.47. The Kier molecular flexibility index (Phi) is 3.61. The van der Waals surface area contributed by atoms with Gasteiger partial charge in [0.2, 0.25) is 0 Å². The molecule has 1 saturated carbocycles. The summed E-state index contributed by atoms with van der Waals surface area (Å²) in [6, 6.07) is 1.77. The molecule has 1 aliphatic carbocycles. The number of anilines is 1. The first-order valence-corrected chi connectivity index (χ1v) is 7.36. The number of nitrogens with zero attached hydrogens (tertiary/aromatic N) is 2. The highest BCUT2D eigenvalue weighted by molar-refractivity contribution is 5.99. The Morgan fingerprint density at radius 3 is 3.10 bits per heavy atom. The van der Waals surface area contributed by atoms with Gasteiger partial charge in [-0.25, -0.2) is 0 Å². The predicted octanol–water partition coefficient (Wildman–Crippen LogP) is 1.36. The number of hydrogen-bond donors (Lipinski definition) is 2. The van der Waals surface area contributed by atoms with Crippen molar-refractivity contribution in [2.24, 2.45) is 11.8 Å². The highest BCUT2D eigenvalue weighted by Crippen LogP contribution is 2.38. The van der Waals surface area contributed by atoms with Crippen molar-refractivity contribution in [1.29, 1.82) is 0 Å². The molecule has 1 aromatic heterocycles. The van der Waals surface area contributed by atoms with Crippen LogP contribution in [0.2, 0.25) is 0 Å². The van der Waals surface area contributed by atoms with Crippen molar-refractivity contribution in [3.63, 3.8) is 0 Å². The second-order valence-electron chi connectivity index (χ2n) is 5.73. The lowest BCUT2D eigenvalue weighted by molar-refractivity contribution is 0.0753. The van der Waals surface area contributed by atoms with Gasteiger partial charge in [-0.1, -0.05) is 0 Å². The molecule has 2 N–H and O–H groups in total. The number of nitrogens with one attached hydrogen (secondary N) is 1. The minimum atomic E-state index is -0.233. The van der Waals surface area contributed by atoms with Crippen LogP contribution < -0.4 is 5.32 Å². The van der Waals surface area contributed by atoms with Crippen LogP contribution in [0.3, 0.4) is 0 Å². The van der Waals surface area contributed by atoms with E-state index in [0.717, 1.165) is 31.6 Å². The highest BCUT2D eigenvalue weighted by atomic mass is 16.3. The van der Waals surface area contributed by atoms with E-state index in [4.69, 9.17) is 0 Å². The summed E-state index contributed by atoms with van der Waals surface area (Å²) >= 11 is 0. The molecule has 0 radical (unpaired) electrons. The Morgan fingerprint density at radius 2 is 2.35 bits per heavy atom. The summed E-state index contributed by atoms with van der Waals surface area (Å²) in [7, 11) is 0. The van der Waals surface area contributed by atoms with Gasteiger partial charge in [0, 0.05) is 31.7 Å². The summed E-state index contributed by atoms with van der Waals surface area (Å²) < 4.78 is 0. The fourth-order valence-electron chi connectivity index (χ4n) is 3.49. The molecule has 0 aromatic carbocycles. The van der Waals surface area contributed by atoms with Crippen LogP contribution in [0.1, 0.15) is 30.1 Å². The Morgan fingerprint density at radius 1 is 1.50 bits per heavy atom. The molecule has 1 saturated heterocycles. The van der Waals surface area contributed by atoms with Gasteiger partial charge in [0.25, 0.3) is 5.91 Å². The Balaban J connectivity index is 1.77. The fourth-order valence-corrected chi connectivity index (χ4v) is 3.49. The highest BCUT2D eigenvalue weighted by Gasteiger charge is 2.43.